The molecular formula is C25H22ClN3O. The molecule has 0 saturated carbocycles. The molecule has 2 amide bonds. The van der Waals surface area contributed by atoms with E-state index < -0.39 is 0 Å². The van der Waals surface area contributed by atoms with Crippen molar-refractivity contribution in [1.29, 1.82) is 0 Å². The molecule has 1 aromatic heterocycles. The maximum absolute atomic E-state index is 13.3. The van der Waals surface area contributed by atoms with E-state index in [0.717, 1.165) is 23.2 Å². The van der Waals surface area contributed by atoms with Crippen molar-refractivity contribution >= 4 is 34.2 Å². The summed E-state index contributed by atoms with van der Waals surface area (Å²) in [6.07, 6.45) is 0.803. The normalized spacial score (nSPS) is 15.8. The predicted octanol–water partition coefficient (Wildman–Crippen LogP) is 6.31. The number of urea groups is 1. The van der Waals surface area contributed by atoms with Crippen molar-refractivity contribution in [3.8, 4) is 0 Å². The molecule has 2 N–H and O–H groups in total. The van der Waals surface area contributed by atoms with E-state index in [-0.39, 0.29) is 12.1 Å². The average Bonchev–Trinajstić information content (AvgIpc) is 3.14. The molecule has 0 aliphatic carbocycles. The summed E-state index contributed by atoms with van der Waals surface area (Å²) in [4.78, 5) is 18.8. The van der Waals surface area contributed by atoms with E-state index in [4.69, 9.17) is 11.6 Å². The number of rotatable bonds is 2. The third-order valence-corrected chi connectivity index (χ3v) is 6.13. The molecule has 2 heterocycles. The Bertz CT molecular complexity index is 1230. The zero-order chi connectivity index (χ0) is 20.7. The van der Waals surface area contributed by atoms with Gasteiger partial charge in [0.1, 0.15) is 0 Å². The Morgan fingerprint density at radius 3 is 2.57 bits per heavy atom. The second kappa shape index (κ2) is 7.54. The van der Waals surface area contributed by atoms with Crippen molar-refractivity contribution in [2.24, 2.45) is 0 Å². The Hall–Kier alpha value is -3.24. The minimum atomic E-state index is -0.191. The van der Waals surface area contributed by atoms with Crippen LogP contribution in [0.15, 0.2) is 72.8 Å². The maximum atomic E-state index is 13.3. The Morgan fingerprint density at radius 1 is 1.03 bits per heavy atom. The van der Waals surface area contributed by atoms with Gasteiger partial charge in [-0.05, 0) is 42.7 Å². The molecule has 150 valence electrons. The van der Waals surface area contributed by atoms with Crippen LogP contribution in [-0.4, -0.2) is 22.5 Å². The van der Waals surface area contributed by atoms with Crippen LogP contribution in [0.25, 0.3) is 10.9 Å². The molecule has 5 heteroatoms. The SMILES string of the molecule is Cc1ccc([C@@H]2c3[nH]c4ccccc4c3CCN2C(=O)Nc2ccccc2Cl)cc1. The summed E-state index contributed by atoms with van der Waals surface area (Å²) in [6, 6.07) is 23.7. The molecule has 1 aliphatic heterocycles. The number of H-pyrrole nitrogens is 1. The number of hydrogen-bond donors (Lipinski definition) is 2. The van der Waals surface area contributed by atoms with E-state index in [1.54, 1.807) is 6.07 Å². The first-order valence-corrected chi connectivity index (χ1v) is 10.5. The number of carbonyl (C=O) groups is 1. The van der Waals surface area contributed by atoms with E-state index >= 15 is 0 Å². The molecule has 0 fully saturated rings. The molecular weight excluding hydrogens is 394 g/mol. The van der Waals surface area contributed by atoms with E-state index in [1.165, 1.54) is 16.5 Å². The molecule has 0 unspecified atom stereocenters. The molecule has 3 aromatic carbocycles. The molecule has 0 radical (unpaired) electrons. The van der Waals surface area contributed by atoms with Crippen molar-refractivity contribution in [2.45, 2.75) is 19.4 Å². The van der Waals surface area contributed by atoms with Crippen LogP contribution in [-0.2, 0) is 6.42 Å². The standard InChI is InChI=1S/C25H22ClN3O/c1-16-10-12-17(13-11-16)24-23-19(18-6-2-4-8-21(18)27-23)14-15-29(24)25(30)28-22-9-5-3-7-20(22)26/h2-13,24,27H,14-15H2,1H3,(H,28,30)/t24-/m1/s1. The monoisotopic (exact) mass is 415 g/mol. The van der Waals surface area contributed by atoms with E-state index in [1.807, 2.05) is 29.2 Å². The zero-order valence-electron chi connectivity index (χ0n) is 16.7. The summed E-state index contributed by atoms with van der Waals surface area (Å²) in [6.45, 7) is 2.70. The van der Waals surface area contributed by atoms with Crippen molar-refractivity contribution in [3.63, 3.8) is 0 Å². The lowest BCUT2D eigenvalue weighted by molar-refractivity contribution is 0.193. The van der Waals surface area contributed by atoms with Crippen molar-refractivity contribution in [2.75, 3.05) is 11.9 Å². The van der Waals surface area contributed by atoms with Crippen LogP contribution in [0.5, 0.6) is 0 Å². The number of aromatic amines is 1. The highest BCUT2D eigenvalue weighted by Gasteiger charge is 2.34. The fourth-order valence-electron chi connectivity index (χ4n) is 4.30. The number of anilines is 1. The van der Waals surface area contributed by atoms with Gasteiger partial charge in [-0.2, -0.15) is 0 Å². The van der Waals surface area contributed by atoms with Gasteiger partial charge in [0.05, 0.1) is 16.8 Å². The van der Waals surface area contributed by atoms with Gasteiger partial charge in [-0.1, -0.05) is 71.8 Å². The highest BCUT2D eigenvalue weighted by atomic mass is 35.5. The number of nitrogens with one attached hydrogen (secondary N) is 2. The van der Waals surface area contributed by atoms with Gasteiger partial charge < -0.3 is 15.2 Å². The minimum absolute atomic E-state index is 0.155. The number of aryl methyl sites for hydroxylation is 1. The Kier molecular flexibility index (Phi) is 4.72. The van der Waals surface area contributed by atoms with Gasteiger partial charge in [0.2, 0.25) is 0 Å². The minimum Gasteiger partial charge on any atom is -0.356 e. The lowest BCUT2D eigenvalue weighted by Crippen LogP contribution is -2.43. The molecule has 0 bridgehead atoms. The second-order valence-corrected chi connectivity index (χ2v) is 8.14. The summed E-state index contributed by atoms with van der Waals surface area (Å²) in [7, 11) is 0. The molecule has 0 saturated heterocycles. The smallest absolute Gasteiger partial charge is 0.322 e. The number of hydrogen-bond acceptors (Lipinski definition) is 1. The van der Waals surface area contributed by atoms with Gasteiger partial charge >= 0.3 is 6.03 Å². The molecule has 1 atom stereocenters. The summed E-state index contributed by atoms with van der Waals surface area (Å²) in [5, 5.41) is 4.76. The second-order valence-electron chi connectivity index (χ2n) is 7.73. The van der Waals surface area contributed by atoms with Gasteiger partial charge in [-0.3, -0.25) is 0 Å². The van der Waals surface area contributed by atoms with E-state index in [0.29, 0.717) is 17.3 Å². The van der Waals surface area contributed by atoms with Gasteiger partial charge in [0.25, 0.3) is 0 Å². The number of aromatic nitrogens is 1. The fraction of sp³-hybridized carbons (Fsp3) is 0.160. The lowest BCUT2D eigenvalue weighted by Gasteiger charge is -2.36. The van der Waals surface area contributed by atoms with Gasteiger partial charge in [0.15, 0.2) is 0 Å². The predicted molar refractivity (Wildman–Crippen MR) is 122 cm³/mol. The Labute approximate surface area is 180 Å². The highest BCUT2D eigenvalue weighted by molar-refractivity contribution is 6.33. The van der Waals surface area contributed by atoms with Crippen LogP contribution >= 0.6 is 11.6 Å². The summed E-state index contributed by atoms with van der Waals surface area (Å²) < 4.78 is 0. The summed E-state index contributed by atoms with van der Waals surface area (Å²) in [5.74, 6) is 0. The third kappa shape index (κ3) is 3.23. The summed E-state index contributed by atoms with van der Waals surface area (Å²) >= 11 is 6.27. The first-order valence-electron chi connectivity index (χ1n) is 10.1. The van der Waals surface area contributed by atoms with Gasteiger partial charge in [-0.15, -0.1) is 0 Å². The molecule has 4 aromatic rings. The topological polar surface area (TPSA) is 48.1 Å². The Balaban J connectivity index is 1.59. The van der Waals surface area contributed by atoms with Crippen molar-refractivity contribution in [1.82, 2.24) is 9.88 Å². The van der Waals surface area contributed by atoms with Crippen molar-refractivity contribution < 1.29 is 4.79 Å². The molecule has 30 heavy (non-hydrogen) atoms. The van der Waals surface area contributed by atoms with Crippen LogP contribution in [0, 0.1) is 6.92 Å². The van der Waals surface area contributed by atoms with Crippen LogP contribution in [0.3, 0.4) is 0 Å². The van der Waals surface area contributed by atoms with E-state index in [2.05, 4.69) is 59.7 Å². The highest BCUT2D eigenvalue weighted by Crippen LogP contribution is 2.39. The number of carbonyl (C=O) groups excluding carboxylic acids is 1. The molecule has 5 rings (SSSR count). The first-order chi connectivity index (χ1) is 14.6. The number of benzene rings is 3. The number of nitrogens with zero attached hydrogens (tertiary/aromatic N) is 1. The number of fused-ring (bicyclic) bond motifs is 3. The lowest BCUT2D eigenvalue weighted by atomic mass is 9.92. The largest absolute Gasteiger partial charge is 0.356 e. The van der Waals surface area contributed by atoms with Crippen LogP contribution < -0.4 is 5.32 Å². The number of para-hydroxylation sites is 2. The number of amides is 2. The number of halogens is 1. The Morgan fingerprint density at radius 2 is 1.77 bits per heavy atom. The van der Waals surface area contributed by atoms with Gasteiger partial charge in [-0.25, -0.2) is 4.79 Å². The molecule has 1 aliphatic rings. The molecule has 4 nitrogen and oxygen atoms in total. The fourth-order valence-corrected chi connectivity index (χ4v) is 4.49. The van der Waals surface area contributed by atoms with Crippen LogP contribution in [0.2, 0.25) is 5.02 Å². The third-order valence-electron chi connectivity index (χ3n) is 5.80. The van der Waals surface area contributed by atoms with Gasteiger partial charge in [0, 0.05) is 23.1 Å². The zero-order valence-corrected chi connectivity index (χ0v) is 17.4. The van der Waals surface area contributed by atoms with Crippen LogP contribution in [0.4, 0.5) is 10.5 Å². The average molecular weight is 416 g/mol. The first kappa shape index (κ1) is 18.8. The van der Waals surface area contributed by atoms with Crippen LogP contribution in [0.1, 0.15) is 28.4 Å². The summed E-state index contributed by atoms with van der Waals surface area (Å²) in [5.41, 5.74) is 6.38. The van der Waals surface area contributed by atoms with E-state index in [9.17, 15) is 4.79 Å². The molecule has 0 spiro atoms. The van der Waals surface area contributed by atoms with Crippen molar-refractivity contribution in [3.05, 3.63) is 100 Å². The maximum Gasteiger partial charge on any atom is 0.322 e. The quantitative estimate of drug-likeness (QED) is 0.396.